The third kappa shape index (κ3) is 5.09. The van der Waals surface area contributed by atoms with Crippen molar-refractivity contribution in [2.45, 2.75) is 6.42 Å². The fraction of sp³-hybridized carbons (Fsp3) is 0.278. The van der Waals surface area contributed by atoms with Crippen molar-refractivity contribution in [1.29, 1.82) is 0 Å². The average molecular weight is 399 g/mol. The first-order valence-electron chi connectivity index (χ1n) is 7.77. The summed E-state index contributed by atoms with van der Waals surface area (Å²) in [5.41, 5.74) is 1.35. The Balaban J connectivity index is 1.95. The van der Waals surface area contributed by atoms with E-state index in [4.69, 9.17) is 37.4 Å². The molecular weight excluding hydrogens is 379 g/mol. The van der Waals surface area contributed by atoms with Gasteiger partial charge in [0, 0.05) is 36.5 Å². The van der Waals surface area contributed by atoms with Crippen LogP contribution < -0.4 is 24.8 Å². The number of amides is 1. The molecule has 0 aliphatic carbocycles. The predicted molar refractivity (Wildman–Crippen MR) is 104 cm³/mol. The van der Waals surface area contributed by atoms with Crippen LogP contribution in [0.5, 0.6) is 17.2 Å². The molecule has 140 valence electrons. The smallest absolute Gasteiger partial charge is 0.226 e. The fourth-order valence-electron chi connectivity index (χ4n) is 2.30. The third-order valence-electron chi connectivity index (χ3n) is 3.55. The van der Waals surface area contributed by atoms with Gasteiger partial charge in [-0.25, -0.2) is 0 Å². The average Bonchev–Trinajstić information content (AvgIpc) is 2.63. The van der Waals surface area contributed by atoms with Crippen LogP contribution in [0.15, 0.2) is 30.3 Å². The molecule has 2 N–H and O–H groups in total. The van der Waals surface area contributed by atoms with Gasteiger partial charge >= 0.3 is 0 Å². The molecule has 0 aromatic heterocycles. The Kier molecular flexibility index (Phi) is 7.24. The molecule has 2 aromatic rings. The van der Waals surface area contributed by atoms with E-state index in [9.17, 15) is 4.79 Å². The summed E-state index contributed by atoms with van der Waals surface area (Å²) in [6.07, 6.45) is 0.261. The van der Waals surface area contributed by atoms with Crippen molar-refractivity contribution in [1.82, 2.24) is 0 Å². The number of benzene rings is 2. The number of hydrogen-bond acceptors (Lipinski definition) is 5. The van der Waals surface area contributed by atoms with Gasteiger partial charge in [0.05, 0.1) is 31.4 Å². The van der Waals surface area contributed by atoms with Gasteiger partial charge < -0.3 is 24.8 Å². The maximum absolute atomic E-state index is 12.2. The largest absolute Gasteiger partial charge is 0.493 e. The van der Waals surface area contributed by atoms with Crippen LogP contribution in [-0.2, 0) is 4.79 Å². The second-order valence-electron chi connectivity index (χ2n) is 5.27. The van der Waals surface area contributed by atoms with Crippen LogP contribution in [0, 0.1) is 0 Å². The summed E-state index contributed by atoms with van der Waals surface area (Å²) in [5.74, 6) is 1.24. The zero-order valence-electron chi connectivity index (χ0n) is 14.7. The molecule has 26 heavy (non-hydrogen) atoms. The van der Waals surface area contributed by atoms with Crippen LogP contribution in [0.2, 0.25) is 10.0 Å². The van der Waals surface area contributed by atoms with Crippen molar-refractivity contribution in [2.24, 2.45) is 0 Å². The van der Waals surface area contributed by atoms with Crippen molar-refractivity contribution in [3.63, 3.8) is 0 Å². The van der Waals surface area contributed by atoms with Crippen LogP contribution in [0.1, 0.15) is 6.42 Å². The molecule has 0 atom stereocenters. The Morgan fingerprint density at radius 1 is 0.923 bits per heavy atom. The Labute approximate surface area is 162 Å². The number of ether oxygens (including phenoxy) is 3. The van der Waals surface area contributed by atoms with Gasteiger partial charge in [0.15, 0.2) is 11.5 Å². The van der Waals surface area contributed by atoms with E-state index in [0.29, 0.717) is 39.5 Å². The maximum atomic E-state index is 12.2. The molecule has 0 spiro atoms. The van der Waals surface area contributed by atoms with E-state index in [1.807, 2.05) is 0 Å². The molecule has 0 aliphatic rings. The monoisotopic (exact) mass is 398 g/mol. The van der Waals surface area contributed by atoms with E-state index in [1.165, 1.54) is 21.3 Å². The Morgan fingerprint density at radius 2 is 1.58 bits per heavy atom. The number of methoxy groups -OCH3 is 3. The first-order valence-corrected chi connectivity index (χ1v) is 8.52. The van der Waals surface area contributed by atoms with Crippen LogP contribution in [-0.4, -0.2) is 33.8 Å². The number of nitrogens with one attached hydrogen (secondary N) is 2. The van der Waals surface area contributed by atoms with Gasteiger partial charge in [-0.05, 0) is 18.2 Å². The molecule has 0 aliphatic heterocycles. The lowest BCUT2D eigenvalue weighted by molar-refractivity contribution is -0.115. The molecule has 2 rings (SSSR count). The third-order valence-corrected chi connectivity index (χ3v) is 4.29. The van der Waals surface area contributed by atoms with Gasteiger partial charge in [0.1, 0.15) is 0 Å². The number of halogens is 2. The zero-order valence-corrected chi connectivity index (χ0v) is 16.2. The van der Waals surface area contributed by atoms with Crippen molar-refractivity contribution in [3.05, 3.63) is 40.4 Å². The lowest BCUT2D eigenvalue weighted by atomic mass is 10.2. The lowest BCUT2D eigenvalue weighted by Gasteiger charge is -2.14. The number of anilines is 2. The van der Waals surface area contributed by atoms with Crippen LogP contribution in [0.25, 0.3) is 0 Å². The molecule has 2 aromatic carbocycles. The van der Waals surface area contributed by atoms with Gasteiger partial charge in [-0.3, -0.25) is 4.79 Å². The highest BCUT2D eigenvalue weighted by Crippen LogP contribution is 2.39. The van der Waals surface area contributed by atoms with E-state index in [1.54, 1.807) is 30.3 Å². The molecule has 0 saturated heterocycles. The predicted octanol–water partition coefficient (Wildman–Crippen LogP) is 4.46. The molecule has 0 saturated carbocycles. The van der Waals surface area contributed by atoms with E-state index >= 15 is 0 Å². The minimum atomic E-state index is -0.160. The van der Waals surface area contributed by atoms with Gasteiger partial charge in [0.25, 0.3) is 0 Å². The van der Waals surface area contributed by atoms with Crippen molar-refractivity contribution in [2.75, 3.05) is 38.5 Å². The summed E-state index contributed by atoms with van der Waals surface area (Å²) in [7, 11) is 4.56. The fourth-order valence-corrected chi connectivity index (χ4v) is 2.60. The Hall–Kier alpha value is -2.31. The highest BCUT2D eigenvalue weighted by atomic mass is 35.5. The normalized spacial score (nSPS) is 10.2. The summed E-state index contributed by atoms with van der Waals surface area (Å²) in [6, 6.07) is 8.55. The molecule has 0 radical (unpaired) electrons. The quantitative estimate of drug-likeness (QED) is 0.686. The summed E-state index contributed by atoms with van der Waals surface area (Å²) in [5, 5.41) is 6.87. The molecule has 8 heteroatoms. The van der Waals surface area contributed by atoms with E-state index < -0.39 is 0 Å². The van der Waals surface area contributed by atoms with Crippen LogP contribution in [0.4, 0.5) is 11.4 Å². The minimum Gasteiger partial charge on any atom is -0.493 e. The summed E-state index contributed by atoms with van der Waals surface area (Å²) in [4.78, 5) is 12.2. The number of hydrogen-bond donors (Lipinski definition) is 2. The summed E-state index contributed by atoms with van der Waals surface area (Å²) >= 11 is 11.8. The highest BCUT2D eigenvalue weighted by Gasteiger charge is 2.14. The van der Waals surface area contributed by atoms with Crippen LogP contribution in [0.3, 0.4) is 0 Å². The molecule has 6 nitrogen and oxygen atoms in total. The summed E-state index contributed by atoms with van der Waals surface area (Å²) in [6.45, 7) is 0.439. The van der Waals surface area contributed by atoms with Crippen molar-refractivity contribution >= 4 is 40.5 Å². The van der Waals surface area contributed by atoms with Crippen molar-refractivity contribution in [3.8, 4) is 17.2 Å². The van der Waals surface area contributed by atoms with Gasteiger partial charge in [-0.15, -0.1) is 0 Å². The number of carbonyl (C=O) groups excluding carboxylic acids is 1. The molecule has 0 fully saturated rings. The Bertz CT molecular complexity index is 759. The van der Waals surface area contributed by atoms with Gasteiger partial charge in [-0.2, -0.15) is 0 Å². The number of rotatable bonds is 8. The molecule has 0 bridgehead atoms. The van der Waals surface area contributed by atoms with Gasteiger partial charge in [-0.1, -0.05) is 23.2 Å². The van der Waals surface area contributed by atoms with Gasteiger partial charge in [0.2, 0.25) is 11.7 Å². The molecule has 0 heterocycles. The lowest BCUT2D eigenvalue weighted by Crippen LogP contribution is -2.16. The first-order chi connectivity index (χ1) is 12.5. The number of carbonyl (C=O) groups is 1. The molecule has 1 amide bonds. The van der Waals surface area contributed by atoms with E-state index in [-0.39, 0.29) is 12.3 Å². The topological polar surface area (TPSA) is 68.8 Å². The minimum absolute atomic E-state index is 0.160. The summed E-state index contributed by atoms with van der Waals surface area (Å²) < 4.78 is 15.8. The molecular formula is C18H20Cl2N2O4. The standard InChI is InChI=1S/C18H20Cl2N2O4/c1-24-15-9-12(10-16(25-2)18(15)26-3)22-17(23)6-7-21-11-4-5-13(19)14(20)8-11/h4-5,8-10,21H,6-7H2,1-3H3,(H,22,23). The Morgan fingerprint density at radius 3 is 2.12 bits per heavy atom. The van der Waals surface area contributed by atoms with E-state index in [2.05, 4.69) is 10.6 Å². The zero-order chi connectivity index (χ0) is 19.1. The van der Waals surface area contributed by atoms with E-state index in [0.717, 1.165) is 5.69 Å². The van der Waals surface area contributed by atoms with Crippen molar-refractivity contribution < 1.29 is 19.0 Å². The van der Waals surface area contributed by atoms with Crippen LogP contribution >= 0.6 is 23.2 Å². The second kappa shape index (κ2) is 9.40. The highest BCUT2D eigenvalue weighted by molar-refractivity contribution is 6.42. The second-order valence-corrected chi connectivity index (χ2v) is 6.08. The maximum Gasteiger partial charge on any atom is 0.226 e. The molecule has 0 unspecified atom stereocenters. The first kappa shape index (κ1) is 20.0. The SMILES string of the molecule is COc1cc(NC(=O)CCNc2ccc(Cl)c(Cl)c2)cc(OC)c1OC.